The Labute approximate surface area is 159 Å². The zero-order valence-electron chi connectivity index (χ0n) is 15.4. The number of aliphatic hydroxyl groups is 1. The molecular formula is C21H26N4O2. The molecule has 0 radical (unpaired) electrons. The zero-order valence-corrected chi connectivity index (χ0v) is 15.4. The van der Waals surface area contributed by atoms with Crippen LogP contribution in [0.25, 0.3) is 6.08 Å². The van der Waals surface area contributed by atoms with Crippen molar-refractivity contribution in [3.63, 3.8) is 0 Å². The van der Waals surface area contributed by atoms with Crippen molar-refractivity contribution in [2.75, 3.05) is 18.7 Å². The van der Waals surface area contributed by atoms with Gasteiger partial charge in [0.2, 0.25) is 5.90 Å². The highest BCUT2D eigenvalue weighted by Crippen LogP contribution is 2.60. The number of pyridine rings is 1. The molecule has 3 unspecified atom stereocenters. The number of allylic oxidation sites excluding steroid dienone is 1. The van der Waals surface area contributed by atoms with Crippen molar-refractivity contribution in [2.24, 2.45) is 28.3 Å². The number of hydrogen-bond acceptors (Lipinski definition) is 6. The number of hydrazone groups is 1. The van der Waals surface area contributed by atoms with E-state index in [0.717, 1.165) is 42.1 Å². The summed E-state index contributed by atoms with van der Waals surface area (Å²) in [4.78, 5) is 4.65. The number of nitrogens with one attached hydrogen (secondary N) is 2. The van der Waals surface area contributed by atoms with Gasteiger partial charge in [0.15, 0.2) is 6.73 Å². The predicted molar refractivity (Wildman–Crippen MR) is 103 cm³/mol. The van der Waals surface area contributed by atoms with E-state index in [1.165, 1.54) is 24.8 Å². The number of hydrogen-bond donors (Lipinski definition) is 3. The molecule has 5 aliphatic carbocycles. The highest BCUT2D eigenvalue weighted by atomic mass is 16.5. The Morgan fingerprint density at radius 3 is 2.85 bits per heavy atom. The fourth-order valence-electron chi connectivity index (χ4n) is 6.68. The topological polar surface area (TPSA) is 78.8 Å². The molecule has 1 aromatic rings. The first kappa shape index (κ1) is 15.9. The number of aromatic nitrogens is 1. The predicted octanol–water partition coefficient (Wildman–Crippen LogP) is 2.49. The summed E-state index contributed by atoms with van der Waals surface area (Å²) in [6, 6.07) is 0.468. The Morgan fingerprint density at radius 2 is 2.11 bits per heavy atom. The van der Waals surface area contributed by atoms with Crippen LogP contribution in [-0.2, 0) is 11.2 Å². The molecule has 0 aromatic carbocycles. The van der Waals surface area contributed by atoms with Gasteiger partial charge in [0, 0.05) is 30.8 Å². The first-order valence-electron chi connectivity index (χ1n) is 10.2. The largest absolute Gasteiger partial charge is 0.453 e. The third-order valence-electron chi connectivity index (χ3n) is 7.53. The number of nitrogens with zero attached hydrogens (tertiary/aromatic N) is 2. The Bertz CT molecular complexity index is 833. The van der Waals surface area contributed by atoms with Gasteiger partial charge < -0.3 is 15.2 Å². The van der Waals surface area contributed by atoms with Gasteiger partial charge in [-0.05, 0) is 55.3 Å². The van der Waals surface area contributed by atoms with Gasteiger partial charge in [0.05, 0.1) is 16.9 Å². The standard InChI is InChI=1S/C21H26N4O2/c26-10-21-6-12-4-13(7-21)18(14(5-12)8-21)24-19-15-2-1-3-17(15)22-9-16(19)20-25-23-11-27-20/h1-2,9,12-14,18,23,26H,3-8,10-11H2,(H,22,24)/t12?,13-,14+,18?,21?. The number of anilines is 1. The Hall–Kier alpha value is -2.08. The van der Waals surface area contributed by atoms with Crippen LogP contribution >= 0.6 is 0 Å². The van der Waals surface area contributed by atoms with Crippen LogP contribution in [0.15, 0.2) is 17.4 Å². The normalized spacial score (nSPS) is 37.7. The lowest BCUT2D eigenvalue weighted by Gasteiger charge is -2.60. The van der Waals surface area contributed by atoms with E-state index in [4.69, 9.17) is 4.74 Å². The minimum absolute atomic E-state index is 0.195. The van der Waals surface area contributed by atoms with Crippen molar-refractivity contribution < 1.29 is 9.84 Å². The SMILES string of the molecule is OCC12CC3C[C@H](C1)C(Nc1c(C4=NNCO4)cnc4c1C=CC4)[C@@H](C3)C2. The van der Waals surface area contributed by atoms with Gasteiger partial charge in [-0.2, -0.15) is 0 Å². The van der Waals surface area contributed by atoms with Crippen molar-refractivity contribution in [3.8, 4) is 0 Å². The van der Waals surface area contributed by atoms with Gasteiger partial charge in [0.1, 0.15) is 0 Å². The van der Waals surface area contributed by atoms with Crippen LogP contribution in [0.5, 0.6) is 0 Å². The molecular weight excluding hydrogens is 340 g/mol. The Kier molecular flexibility index (Phi) is 3.37. The zero-order chi connectivity index (χ0) is 18.0. The lowest BCUT2D eigenvalue weighted by atomic mass is 9.48. The fraction of sp³-hybridized carbons (Fsp3) is 0.619. The number of aliphatic hydroxyl groups excluding tert-OH is 1. The quantitative estimate of drug-likeness (QED) is 0.763. The van der Waals surface area contributed by atoms with E-state index in [2.05, 4.69) is 33.0 Å². The number of rotatable bonds is 4. The average Bonchev–Trinajstić information content (AvgIpc) is 3.35. The van der Waals surface area contributed by atoms with Gasteiger partial charge in [0.25, 0.3) is 0 Å². The molecule has 6 nitrogen and oxygen atoms in total. The van der Waals surface area contributed by atoms with E-state index in [1.807, 2.05) is 6.20 Å². The van der Waals surface area contributed by atoms with Crippen LogP contribution < -0.4 is 10.7 Å². The summed E-state index contributed by atoms with van der Waals surface area (Å²) in [7, 11) is 0. The van der Waals surface area contributed by atoms with Crippen LogP contribution in [0, 0.1) is 23.2 Å². The Morgan fingerprint density at radius 1 is 1.26 bits per heavy atom. The molecule has 5 atom stereocenters. The van der Waals surface area contributed by atoms with Crippen molar-refractivity contribution in [1.82, 2.24) is 10.4 Å². The molecule has 6 aliphatic rings. The third-order valence-corrected chi connectivity index (χ3v) is 7.53. The van der Waals surface area contributed by atoms with Crippen molar-refractivity contribution in [3.05, 3.63) is 29.1 Å². The summed E-state index contributed by atoms with van der Waals surface area (Å²) in [6.45, 7) is 0.773. The van der Waals surface area contributed by atoms with E-state index in [1.54, 1.807) is 0 Å². The maximum absolute atomic E-state index is 10.0. The van der Waals surface area contributed by atoms with Crippen LogP contribution in [0.1, 0.15) is 48.9 Å². The molecule has 1 aromatic heterocycles. The van der Waals surface area contributed by atoms with E-state index in [-0.39, 0.29) is 5.41 Å². The molecule has 0 amide bonds. The minimum atomic E-state index is 0.195. The molecule has 4 fully saturated rings. The van der Waals surface area contributed by atoms with Gasteiger partial charge in [-0.25, -0.2) is 0 Å². The summed E-state index contributed by atoms with van der Waals surface area (Å²) in [6.07, 6.45) is 13.3. The second-order valence-electron chi connectivity index (χ2n) is 9.18. The molecule has 4 saturated carbocycles. The molecule has 27 heavy (non-hydrogen) atoms. The first-order chi connectivity index (χ1) is 13.2. The van der Waals surface area contributed by atoms with Gasteiger partial charge in [-0.15, -0.1) is 5.10 Å². The molecule has 0 saturated heterocycles. The molecule has 4 bridgehead atoms. The summed E-state index contributed by atoms with van der Waals surface area (Å²) >= 11 is 0. The van der Waals surface area contributed by atoms with Crippen molar-refractivity contribution in [2.45, 2.75) is 44.6 Å². The maximum Gasteiger partial charge on any atom is 0.243 e. The number of fused-ring (bicyclic) bond motifs is 1. The lowest BCUT2D eigenvalue weighted by Crippen LogP contribution is -2.57. The minimum Gasteiger partial charge on any atom is -0.453 e. The molecule has 142 valence electrons. The van der Waals surface area contributed by atoms with E-state index < -0.39 is 0 Å². The highest BCUT2D eigenvalue weighted by Gasteiger charge is 2.55. The van der Waals surface area contributed by atoms with Crippen LogP contribution in [0.3, 0.4) is 0 Å². The molecule has 6 heteroatoms. The summed E-state index contributed by atoms with van der Waals surface area (Å²) in [5, 5.41) is 18.3. The Balaban J connectivity index is 1.37. The third kappa shape index (κ3) is 2.35. The van der Waals surface area contributed by atoms with Crippen LogP contribution in [0.4, 0.5) is 5.69 Å². The van der Waals surface area contributed by atoms with Gasteiger partial charge >= 0.3 is 0 Å². The molecule has 0 spiro atoms. The van der Waals surface area contributed by atoms with E-state index in [9.17, 15) is 5.11 Å². The molecule has 1 aliphatic heterocycles. The molecule has 2 heterocycles. The summed E-state index contributed by atoms with van der Waals surface area (Å²) in [5.74, 6) is 2.73. The van der Waals surface area contributed by atoms with Gasteiger partial charge in [-0.1, -0.05) is 12.2 Å². The van der Waals surface area contributed by atoms with Crippen molar-refractivity contribution in [1.29, 1.82) is 0 Å². The fourth-order valence-corrected chi connectivity index (χ4v) is 6.68. The van der Waals surface area contributed by atoms with Crippen LogP contribution in [-0.4, -0.2) is 35.4 Å². The second kappa shape index (κ2) is 5.71. The average molecular weight is 366 g/mol. The smallest absolute Gasteiger partial charge is 0.243 e. The monoisotopic (exact) mass is 366 g/mol. The summed E-state index contributed by atoms with van der Waals surface area (Å²) < 4.78 is 5.68. The lowest BCUT2D eigenvalue weighted by molar-refractivity contribution is -0.0868. The van der Waals surface area contributed by atoms with Gasteiger partial charge in [-0.3, -0.25) is 10.4 Å². The first-order valence-corrected chi connectivity index (χ1v) is 10.2. The van der Waals surface area contributed by atoms with Crippen LogP contribution in [0.2, 0.25) is 0 Å². The number of ether oxygens (including phenoxy) is 1. The molecule has 3 N–H and O–H groups in total. The molecule has 7 rings (SSSR count). The van der Waals surface area contributed by atoms with Crippen molar-refractivity contribution >= 4 is 17.7 Å². The maximum atomic E-state index is 10.0. The van der Waals surface area contributed by atoms with E-state index in [0.29, 0.717) is 37.1 Å². The van der Waals surface area contributed by atoms with E-state index >= 15 is 0 Å². The highest BCUT2D eigenvalue weighted by molar-refractivity contribution is 6.02. The summed E-state index contributed by atoms with van der Waals surface area (Å²) in [5.41, 5.74) is 7.50. The second-order valence-corrected chi connectivity index (χ2v) is 9.18.